The van der Waals surface area contributed by atoms with Gasteiger partial charge in [-0.2, -0.15) is 18.4 Å². The van der Waals surface area contributed by atoms with Crippen molar-refractivity contribution in [1.29, 1.82) is 5.26 Å². The predicted octanol–water partition coefficient (Wildman–Crippen LogP) is 5.55. The van der Waals surface area contributed by atoms with Crippen LogP contribution in [0.2, 0.25) is 0 Å². The Morgan fingerprint density at radius 1 is 1.17 bits per heavy atom. The topological polar surface area (TPSA) is 113 Å². The molecule has 0 saturated heterocycles. The van der Waals surface area contributed by atoms with Gasteiger partial charge in [-0.15, -0.1) is 0 Å². The maximum atomic E-state index is 13.9. The summed E-state index contributed by atoms with van der Waals surface area (Å²) >= 11 is 0. The summed E-state index contributed by atoms with van der Waals surface area (Å²) in [4.78, 5) is 25.4. The number of hydrogen-bond donors (Lipinski definition) is 1. The molecule has 0 saturated carbocycles. The van der Waals surface area contributed by atoms with Gasteiger partial charge in [0.05, 0.1) is 33.7 Å². The Balaban J connectivity index is 2.05. The number of anilines is 1. The van der Waals surface area contributed by atoms with Gasteiger partial charge in [0.2, 0.25) is 0 Å². The highest BCUT2D eigenvalue weighted by molar-refractivity contribution is 6.01. The smallest absolute Gasteiger partial charge is 0.384 e. The van der Waals surface area contributed by atoms with E-state index >= 15 is 0 Å². The number of hydrogen-bond acceptors (Lipinski definition) is 6. The number of benzene rings is 2. The lowest BCUT2D eigenvalue weighted by atomic mass is 9.68. The average Bonchev–Trinajstić information content (AvgIpc) is 2.77. The first-order valence-corrected chi connectivity index (χ1v) is 10.7. The van der Waals surface area contributed by atoms with Crippen molar-refractivity contribution in [1.82, 2.24) is 0 Å². The van der Waals surface area contributed by atoms with Gasteiger partial charge in [-0.3, -0.25) is 19.8 Å². The van der Waals surface area contributed by atoms with Crippen molar-refractivity contribution in [2.75, 3.05) is 4.90 Å². The summed E-state index contributed by atoms with van der Waals surface area (Å²) in [5.41, 5.74) is 4.84. The molecule has 2 N–H and O–H groups in total. The molecule has 35 heavy (non-hydrogen) atoms. The van der Waals surface area contributed by atoms with Crippen LogP contribution >= 0.6 is 0 Å². The molecule has 1 aliphatic carbocycles. The third-order valence-electron chi connectivity index (χ3n) is 6.25. The summed E-state index contributed by atoms with van der Waals surface area (Å²) in [5.74, 6) is -1.62. The Morgan fingerprint density at radius 3 is 2.49 bits per heavy atom. The van der Waals surface area contributed by atoms with E-state index in [0.29, 0.717) is 5.56 Å². The van der Waals surface area contributed by atoms with E-state index in [1.54, 1.807) is 6.07 Å². The highest BCUT2D eigenvalue weighted by Gasteiger charge is 2.46. The van der Waals surface area contributed by atoms with Crippen LogP contribution in [0.15, 0.2) is 71.2 Å². The van der Waals surface area contributed by atoms with Crippen molar-refractivity contribution in [3.05, 3.63) is 92.4 Å². The number of rotatable bonds is 3. The van der Waals surface area contributed by atoms with E-state index in [0.717, 1.165) is 11.0 Å². The molecule has 7 nitrogen and oxygen atoms in total. The molecule has 4 rings (SSSR count). The number of carbonyl (C=O) groups is 1. The lowest BCUT2D eigenvalue weighted by Crippen LogP contribution is -2.42. The highest BCUT2D eigenvalue weighted by Crippen LogP contribution is 2.51. The monoisotopic (exact) mass is 482 g/mol. The van der Waals surface area contributed by atoms with Crippen LogP contribution in [-0.2, 0) is 11.0 Å². The number of nitriles is 1. The minimum absolute atomic E-state index is 0.102. The SMILES string of the molecule is CC1(C)CC(=O)C2=C(C1)N(c1ccccc1C(F)(F)F)C(N)=C(C#N)[C@@H]2c1cccc([N+](=O)[O-])c1. The number of alkyl halides is 3. The third kappa shape index (κ3) is 4.14. The van der Waals surface area contributed by atoms with Crippen LogP contribution in [0.3, 0.4) is 0 Å². The number of nitro groups is 1. The molecule has 0 unspecified atom stereocenters. The van der Waals surface area contributed by atoms with Crippen molar-refractivity contribution >= 4 is 17.2 Å². The second kappa shape index (κ2) is 8.27. The van der Waals surface area contributed by atoms with E-state index < -0.39 is 28.0 Å². The number of carbonyl (C=O) groups excluding carboxylic acids is 1. The molecule has 0 radical (unpaired) electrons. The molecule has 0 fully saturated rings. The van der Waals surface area contributed by atoms with Crippen LogP contribution in [0.25, 0.3) is 0 Å². The molecule has 1 atom stereocenters. The first-order chi connectivity index (χ1) is 16.4. The molecular weight excluding hydrogens is 461 g/mol. The minimum Gasteiger partial charge on any atom is -0.384 e. The molecule has 1 heterocycles. The Labute approximate surface area is 199 Å². The number of nitro benzene ring substituents is 1. The first-order valence-electron chi connectivity index (χ1n) is 10.7. The number of nitrogens with two attached hydrogens (primary N) is 1. The standard InChI is InChI=1S/C25H21F3N4O3/c1-24(2)11-19-22(20(33)12-24)21(14-6-5-7-15(10-14)32(34)35)16(13-29)23(30)31(19)18-9-4-3-8-17(18)25(26,27)28/h3-10,21H,11-12,30H2,1-2H3/t21-/m0/s1. The quantitative estimate of drug-likeness (QED) is 0.453. The van der Waals surface area contributed by atoms with Gasteiger partial charge in [-0.05, 0) is 29.5 Å². The summed E-state index contributed by atoms with van der Waals surface area (Å²) < 4.78 is 41.8. The molecule has 2 aliphatic rings. The van der Waals surface area contributed by atoms with Gasteiger partial charge >= 0.3 is 6.18 Å². The van der Waals surface area contributed by atoms with Crippen molar-refractivity contribution in [3.8, 4) is 6.07 Å². The zero-order valence-corrected chi connectivity index (χ0v) is 18.9. The second-order valence-electron chi connectivity index (χ2n) is 9.35. The van der Waals surface area contributed by atoms with Crippen molar-refractivity contribution in [3.63, 3.8) is 0 Å². The molecule has 2 aromatic rings. The number of allylic oxidation sites excluding steroid dienone is 3. The molecule has 2 aromatic carbocycles. The van der Waals surface area contributed by atoms with Gasteiger partial charge in [0.15, 0.2) is 5.78 Å². The van der Waals surface area contributed by atoms with E-state index in [2.05, 4.69) is 0 Å². The van der Waals surface area contributed by atoms with E-state index in [9.17, 15) is 33.3 Å². The van der Waals surface area contributed by atoms with Gasteiger partial charge in [0.25, 0.3) is 5.69 Å². The Bertz CT molecular complexity index is 1350. The average molecular weight is 482 g/mol. The largest absolute Gasteiger partial charge is 0.418 e. The van der Waals surface area contributed by atoms with Crippen molar-refractivity contribution < 1.29 is 22.9 Å². The molecule has 1 aliphatic heterocycles. The first kappa shape index (κ1) is 24.0. The molecule has 0 amide bonds. The Morgan fingerprint density at radius 2 is 1.86 bits per heavy atom. The lowest BCUT2D eigenvalue weighted by Gasteiger charge is -2.44. The van der Waals surface area contributed by atoms with E-state index in [1.807, 2.05) is 19.9 Å². The van der Waals surface area contributed by atoms with Gasteiger partial charge in [0, 0.05) is 29.8 Å². The normalized spacial score (nSPS) is 19.9. The summed E-state index contributed by atoms with van der Waals surface area (Å²) in [6.07, 6.45) is -4.40. The fraction of sp³-hybridized carbons (Fsp3) is 0.280. The van der Waals surface area contributed by atoms with Gasteiger partial charge in [0.1, 0.15) is 5.82 Å². The summed E-state index contributed by atoms with van der Waals surface area (Å²) in [6.45, 7) is 3.65. The summed E-state index contributed by atoms with van der Waals surface area (Å²) in [7, 11) is 0. The van der Waals surface area contributed by atoms with Crippen molar-refractivity contribution in [2.24, 2.45) is 11.1 Å². The van der Waals surface area contributed by atoms with Crippen LogP contribution < -0.4 is 10.6 Å². The lowest BCUT2D eigenvalue weighted by molar-refractivity contribution is -0.384. The number of para-hydroxylation sites is 1. The summed E-state index contributed by atoms with van der Waals surface area (Å²) in [6, 6.07) is 12.3. The van der Waals surface area contributed by atoms with E-state index in [1.165, 1.54) is 36.4 Å². The van der Waals surface area contributed by atoms with Gasteiger partial charge in [-0.1, -0.05) is 38.1 Å². The predicted molar refractivity (Wildman–Crippen MR) is 122 cm³/mol. The van der Waals surface area contributed by atoms with Crippen LogP contribution in [0.5, 0.6) is 0 Å². The number of halogens is 3. The molecule has 180 valence electrons. The van der Waals surface area contributed by atoms with Crippen LogP contribution in [0.4, 0.5) is 24.5 Å². The van der Waals surface area contributed by atoms with Crippen molar-refractivity contribution in [2.45, 2.75) is 38.8 Å². The molecule has 0 bridgehead atoms. The molecule has 0 aromatic heterocycles. The fourth-order valence-electron chi connectivity index (χ4n) is 4.84. The minimum atomic E-state index is -4.71. The molecular formula is C25H21F3N4O3. The summed E-state index contributed by atoms with van der Waals surface area (Å²) in [5, 5.41) is 21.4. The number of Topliss-reactive ketones (excluding diaryl/α,β-unsaturated/α-hetero) is 1. The molecule has 0 spiro atoms. The number of non-ortho nitro benzene ring substituents is 1. The van der Waals surface area contributed by atoms with Gasteiger partial charge in [-0.25, -0.2) is 0 Å². The second-order valence-corrected chi connectivity index (χ2v) is 9.35. The number of nitrogens with zero attached hydrogens (tertiary/aromatic N) is 3. The fourth-order valence-corrected chi connectivity index (χ4v) is 4.84. The molecule has 10 heteroatoms. The van der Waals surface area contributed by atoms with Crippen LogP contribution in [-0.4, -0.2) is 10.7 Å². The van der Waals surface area contributed by atoms with Crippen LogP contribution in [0.1, 0.15) is 43.7 Å². The zero-order chi connectivity index (χ0) is 25.7. The van der Waals surface area contributed by atoms with Crippen LogP contribution in [0, 0.1) is 26.9 Å². The highest BCUT2D eigenvalue weighted by atomic mass is 19.4. The maximum Gasteiger partial charge on any atom is 0.418 e. The number of ketones is 1. The Kier molecular flexibility index (Phi) is 5.67. The third-order valence-corrected chi connectivity index (χ3v) is 6.25. The van der Waals surface area contributed by atoms with E-state index in [4.69, 9.17) is 5.73 Å². The van der Waals surface area contributed by atoms with E-state index in [-0.39, 0.29) is 52.7 Å². The van der Waals surface area contributed by atoms with Gasteiger partial charge < -0.3 is 5.73 Å². The zero-order valence-electron chi connectivity index (χ0n) is 18.9. The Hall–Kier alpha value is -4.13. The maximum absolute atomic E-state index is 13.9.